The maximum atomic E-state index is 11.4. The van der Waals surface area contributed by atoms with Gasteiger partial charge < -0.3 is 0 Å². The molecule has 0 radical (unpaired) electrons. The van der Waals surface area contributed by atoms with Crippen LogP contribution in [0.15, 0.2) is 30.5 Å². The van der Waals surface area contributed by atoms with Crippen molar-refractivity contribution in [1.29, 1.82) is 0 Å². The maximum Gasteiger partial charge on any atom is 0.279 e. The summed E-state index contributed by atoms with van der Waals surface area (Å²) in [5.41, 5.74) is 2.08. The van der Waals surface area contributed by atoms with E-state index in [1.807, 2.05) is 0 Å². The minimum Gasteiger partial charge on any atom is -0.278 e. The second-order valence-electron chi connectivity index (χ2n) is 4.93. The predicted octanol–water partition coefficient (Wildman–Crippen LogP) is 4.32. The van der Waals surface area contributed by atoms with Crippen molar-refractivity contribution in [1.82, 2.24) is 20.4 Å². The van der Waals surface area contributed by atoms with Crippen molar-refractivity contribution in [2.24, 2.45) is 0 Å². The third kappa shape index (κ3) is 2.05. The standard InChI is InChI=1S/C14H7Cl2N5O2/c15-8-3-6-11(4-9(8)16)19-20-14(6)13-7-5-17-18-10(7)1-2-12(13)21(22)23/h1-5H,(H,17,18)(H,19,20). The molecule has 0 bridgehead atoms. The summed E-state index contributed by atoms with van der Waals surface area (Å²) < 4.78 is 0. The van der Waals surface area contributed by atoms with Crippen LogP contribution in [-0.4, -0.2) is 25.3 Å². The first kappa shape index (κ1) is 14.0. The molecule has 0 saturated heterocycles. The number of hydrogen-bond donors (Lipinski definition) is 2. The van der Waals surface area contributed by atoms with E-state index < -0.39 is 4.92 Å². The van der Waals surface area contributed by atoms with Gasteiger partial charge in [0.1, 0.15) is 5.69 Å². The lowest BCUT2D eigenvalue weighted by atomic mass is 10.0. The van der Waals surface area contributed by atoms with Gasteiger partial charge in [-0.1, -0.05) is 23.2 Å². The molecule has 4 aromatic rings. The highest BCUT2D eigenvalue weighted by atomic mass is 35.5. The Morgan fingerprint density at radius 2 is 1.83 bits per heavy atom. The van der Waals surface area contributed by atoms with Crippen molar-refractivity contribution in [3.05, 3.63) is 50.6 Å². The van der Waals surface area contributed by atoms with E-state index in [1.165, 1.54) is 12.3 Å². The summed E-state index contributed by atoms with van der Waals surface area (Å²) >= 11 is 12.1. The average molecular weight is 348 g/mol. The number of nitro groups is 1. The van der Waals surface area contributed by atoms with Crippen molar-refractivity contribution in [2.75, 3.05) is 0 Å². The SMILES string of the molecule is O=[N+]([O-])c1ccc2[nH]ncc2c1-c1n[nH]c2cc(Cl)c(Cl)cc12. The van der Waals surface area contributed by atoms with Gasteiger partial charge in [-0.3, -0.25) is 20.3 Å². The first-order valence-electron chi connectivity index (χ1n) is 6.50. The number of nitro benzene ring substituents is 1. The average Bonchev–Trinajstić information content (AvgIpc) is 3.13. The van der Waals surface area contributed by atoms with Gasteiger partial charge in [0.15, 0.2) is 0 Å². The number of aromatic nitrogens is 4. The molecule has 0 aliphatic carbocycles. The van der Waals surface area contributed by atoms with Crippen LogP contribution in [0, 0.1) is 10.1 Å². The number of benzene rings is 2. The molecule has 0 aliphatic heterocycles. The zero-order chi connectivity index (χ0) is 16.1. The summed E-state index contributed by atoms with van der Waals surface area (Å²) in [5.74, 6) is 0. The largest absolute Gasteiger partial charge is 0.279 e. The summed E-state index contributed by atoms with van der Waals surface area (Å²) in [4.78, 5) is 11.0. The van der Waals surface area contributed by atoms with Crippen molar-refractivity contribution in [2.45, 2.75) is 0 Å². The molecule has 0 saturated carbocycles. The fourth-order valence-corrected chi connectivity index (χ4v) is 2.94. The van der Waals surface area contributed by atoms with Gasteiger partial charge in [0.2, 0.25) is 0 Å². The second kappa shape index (κ2) is 4.94. The van der Waals surface area contributed by atoms with Crippen LogP contribution in [0.3, 0.4) is 0 Å². The van der Waals surface area contributed by atoms with Gasteiger partial charge in [-0.15, -0.1) is 0 Å². The molecule has 0 unspecified atom stereocenters. The van der Waals surface area contributed by atoms with Crippen LogP contribution in [0.5, 0.6) is 0 Å². The van der Waals surface area contributed by atoms with Crippen LogP contribution < -0.4 is 0 Å². The Bertz CT molecular complexity index is 1090. The van der Waals surface area contributed by atoms with E-state index in [9.17, 15) is 10.1 Å². The fraction of sp³-hybridized carbons (Fsp3) is 0. The van der Waals surface area contributed by atoms with Crippen LogP contribution in [0.4, 0.5) is 5.69 Å². The lowest BCUT2D eigenvalue weighted by molar-refractivity contribution is -0.384. The van der Waals surface area contributed by atoms with Gasteiger partial charge in [0, 0.05) is 16.8 Å². The van der Waals surface area contributed by atoms with E-state index in [0.29, 0.717) is 43.1 Å². The molecule has 0 fully saturated rings. The minimum atomic E-state index is -0.445. The number of nitrogens with zero attached hydrogens (tertiary/aromatic N) is 3. The van der Waals surface area contributed by atoms with Crippen molar-refractivity contribution in [3.63, 3.8) is 0 Å². The maximum absolute atomic E-state index is 11.4. The molecule has 2 aromatic heterocycles. The number of halogens is 2. The Balaban J connectivity index is 2.13. The first-order valence-corrected chi connectivity index (χ1v) is 7.26. The number of fused-ring (bicyclic) bond motifs is 2. The smallest absolute Gasteiger partial charge is 0.278 e. The lowest BCUT2D eigenvalue weighted by Gasteiger charge is -2.03. The fourth-order valence-electron chi connectivity index (χ4n) is 2.61. The molecule has 114 valence electrons. The van der Waals surface area contributed by atoms with Crippen molar-refractivity contribution in [3.8, 4) is 11.3 Å². The summed E-state index contributed by atoms with van der Waals surface area (Å²) in [6.07, 6.45) is 1.54. The Labute approximate surface area is 138 Å². The molecule has 0 amide bonds. The molecule has 9 heteroatoms. The van der Waals surface area contributed by atoms with Crippen LogP contribution in [0.25, 0.3) is 33.1 Å². The third-order valence-electron chi connectivity index (χ3n) is 3.64. The number of rotatable bonds is 2. The van der Waals surface area contributed by atoms with E-state index in [1.54, 1.807) is 18.2 Å². The molecule has 0 aliphatic rings. The van der Waals surface area contributed by atoms with Crippen LogP contribution in [0.1, 0.15) is 0 Å². The van der Waals surface area contributed by atoms with Gasteiger partial charge in [0.05, 0.1) is 37.8 Å². The van der Waals surface area contributed by atoms with E-state index in [0.717, 1.165) is 0 Å². The number of aromatic amines is 2. The van der Waals surface area contributed by atoms with E-state index >= 15 is 0 Å². The summed E-state index contributed by atoms with van der Waals surface area (Å²) in [6, 6.07) is 6.31. The predicted molar refractivity (Wildman–Crippen MR) is 87.9 cm³/mol. The van der Waals surface area contributed by atoms with Gasteiger partial charge >= 0.3 is 0 Å². The number of H-pyrrole nitrogens is 2. The monoisotopic (exact) mass is 347 g/mol. The van der Waals surface area contributed by atoms with Gasteiger partial charge in [-0.2, -0.15) is 10.2 Å². The molecule has 0 atom stereocenters. The van der Waals surface area contributed by atoms with Crippen LogP contribution in [0.2, 0.25) is 10.0 Å². The Kier molecular flexibility index (Phi) is 3.00. The molecular weight excluding hydrogens is 341 g/mol. The molecule has 2 heterocycles. The normalized spacial score (nSPS) is 11.4. The quantitative estimate of drug-likeness (QED) is 0.416. The van der Waals surface area contributed by atoms with E-state index in [-0.39, 0.29) is 5.69 Å². The van der Waals surface area contributed by atoms with Crippen molar-refractivity contribution >= 4 is 50.7 Å². The molecule has 7 nitrogen and oxygen atoms in total. The molecule has 4 rings (SSSR count). The highest BCUT2D eigenvalue weighted by Crippen LogP contribution is 2.40. The number of nitrogens with one attached hydrogen (secondary N) is 2. The van der Waals surface area contributed by atoms with Crippen LogP contribution >= 0.6 is 23.2 Å². The first-order chi connectivity index (χ1) is 11.1. The van der Waals surface area contributed by atoms with Gasteiger partial charge in [0.25, 0.3) is 5.69 Å². The molecular formula is C14H7Cl2N5O2. The zero-order valence-electron chi connectivity index (χ0n) is 11.3. The van der Waals surface area contributed by atoms with E-state index in [4.69, 9.17) is 23.2 Å². The Morgan fingerprint density at radius 1 is 1.04 bits per heavy atom. The summed E-state index contributed by atoms with van der Waals surface area (Å²) in [6.45, 7) is 0. The Hall–Kier alpha value is -2.64. The molecule has 0 spiro atoms. The summed E-state index contributed by atoms with van der Waals surface area (Å²) in [7, 11) is 0. The second-order valence-corrected chi connectivity index (χ2v) is 5.75. The van der Waals surface area contributed by atoms with Crippen LogP contribution in [-0.2, 0) is 0 Å². The Morgan fingerprint density at radius 3 is 2.61 bits per heavy atom. The molecule has 23 heavy (non-hydrogen) atoms. The molecule has 2 aromatic carbocycles. The van der Waals surface area contributed by atoms with Gasteiger partial charge in [-0.25, -0.2) is 0 Å². The third-order valence-corrected chi connectivity index (χ3v) is 4.36. The summed E-state index contributed by atoms with van der Waals surface area (Å²) in [5, 5.41) is 27.2. The topological polar surface area (TPSA) is 100 Å². The van der Waals surface area contributed by atoms with E-state index in [2.05, 4.69) is 20.4 Å². The van der Waals surface area contributed by atoms with Gasteiger partial charge in [-0.05, 0) is 18.2 Å². The minimum absolute atomic E-state index is 0.0571. The highest BCUT2D eigenvalue weighted by Gasteiger charge is 2.23. The number of hydrogen-bond acceptors (Lipinski definition) is 4. The lowest BCUT2D eigenvalue weighted by Crippen LogP contribution is -1.93. The zero-order valence-corrected chi connectivity index (χ0v) is 12.8. The molecule has 2 N–H and O–H groups in total. The van der Waals surface area contributed by atoms with Crippen molar-refractivity contribution < 1.29 is 4.92 Å². The highest BCUT2D eigenvalue weighted by molar-refractivity contribution is 6.42.